The van der Waals surface area contributed by atoms with Crippen molar-refractivity contribution in [1.82, 2.24) is 9.88 Å². The number of hydrogen-bond acceptors (Lipinski definition) is 3. The number of likely N-dealkylation sites (tertiary alicyclic amines) is 1. The van der Waals surface area contributed by atoms with Gasteiger partial charge in [-0.05, 0) is 38.9 Å². The molecule has 1 aliphatic heterocycles. The van der Waals surface area contributed by atoms with Gasteiger partial charge in [0.05, 0.1) is 11.2 Å². The first-order valence-corrected chi connectivity index (χ1v) is 6.25. The van der Waals surface area contributed by atoms with E-state index >= 15 is 0 Å². The van der Waals surface area contributed by atoms with E-state index in [1.54, 1.807) is 0 Å². The summed E-state index contributed by atoms with van der Waals surface area (Å²) in [5.41, 5.74) is -2.32. The molecule has 1 saturated heterocycles. The van der Waals surface area contributed by atoms with Crippen LogP contribution in [0.5, 0.6) is 0 Å². The van der Waals surface area contributed by atoms with Gasteiger partial charge in [0.2, 0.25) is 0 Å². The number of pyridine rings is 1. The maximum atomic E-state index is 13.0. The number of aliphatic hydroxyl groups is 1. The van der Waals surface area contributed by atoms with Crippen LogP contribution in [0.4, 0.5) is 13.2 Å². The fraction of sp³-hybridized carbons (Fsp3) is 0.615. The van der Waals surface area contributed by atoms with Gasteiger partial charge in [0.15, 0.2) is 0 Å². The van der Waals surface area contributed by atoms with Crippen molar-refractivity contribution < 1.29 is 18.3 Å². The van der Waals surface area contributed by atoms with E-state index in [9.17, 15) is 18.3 Å². The second kappa shape index (κ2) is 5.09. The summed E-state index contributed by atoms with van der Waals surface area (Å²) >= 11 is 0. The Hall–Kier alpha value is -1.14. The van der Waals surface area contributed by atoms with Crippen LogP contribution >= 0.6 is 0 Å². The first-order chi connectivity index (χ1) is 8.83. The molecule has 0 radical (unpaired) electrons. The molecule has 2 heterocycles. The Balaban J connectivity index is 2.40. The van der Waals surface area contributed by atoms with E-state index in [1.807, 2.05) is 11.9 Å². The summed E-state index contributed by atoms with van der Waals surface area (Å²) in [6.07, 6.45) is -0.928. The molecule has 0 aromatic carbocycles. The molecule has 0 bridgehead atoms. The van der Waals surface area contributed by atoms with Crippen molar-refractivity contribution in [2.75, 3.05) is 20.1 Å². The van der Waals surface area contributed by atoms with Crippen LogP contribution in [0.3, 0.4) is 0 Å². The summed E-state index contributed by atoms with van der Waals surface area (Å²) in [5.74, 6) is 0. The van der Waals surface area contributed by atoms with E-state index in [-0.39, 0.29) is 12.0 Å². The number of rotatable bonds is 1. The molecular weight excluding hydrogens is 257 g/mol. The Morgan fingerprint density at radius 1 is 1.32 bits per heavy atom. The van der Waals surface area contributed by atoms with Gasteiger partial charge in [-0.25, -0.2) is 0 Å². The molecule has 0 saturated carbocycles. The second-order valence-corrected chi connectivity index (χ2v) is 5.11. The van der Waals surface area contributed by atoms with Crippen LogP contribution in [-0.2, 0) is 11.8 Å². The maximum Gasteiger partial charge on any atom is 0.416 e. The van der Waals surface area contributed by atoms with E-state index in [0.29, 0.717) is 19.4 Å². The lowest BCUT2D eigenvalue weighted by molar-refractivity contribution is -0.141. The zero-order valence-corrected chi connectivity index (χ0v) is 10.7. The highest BCUT2D eigenvalue weighted by molar-refractivity contribution is 5.32. The zero-order chi connectivity index (χ0) is 14.1. The highest BCUT2D eigenvalue weighted by Gasteiger charge is 2.41. The van der Waals surface area contributed by atoms with E-state index in [2.05, 4.69) is 4.98 Å². The first kappa shape index (κ1) is 14.3. The van der Waals surface area contributed by atoms with Crippen molar-refractivity contribution in [3.63, 3.8) is 0 Å². The first-order valence-electron chi connectivity index (χ1n) is 6.25. The molecule has 1 unspecified atom stereocenters. The van der Waals surface area contributed by atoms with E-state index in [1.165, 1.54) is 0 Å². The normalized spacial score (nSPS) is 26.2. The fourth-order valence-corrected chi connectivity index (χ4v) is 2.54. The predicted molar refractivity (Wildman–Crippen MR) is 64.5 cm³/mol. The van der Waals surface area contributed by atoms with Crippen molar-refractivity contribution in [3.8, 4) is 0 Å². The summed E-state index contributed by atoms with van der Waals surface area (Å²) in [6.45, 7) is 1.35. The molecule has 0 spiro atoms. The maximum absolute atomic E-state index is 13.0. The fourth-order valence-electron chi connectivity index (χ4n) is 2.54. The Labute approximate surface area is 110 Å². The van der Waals surface area contributed by atoms with Gasteiger partial charge >= 0.3 is 6.18 Å². The molecule has 1 atom stereocenters. The lowest BCUT2D eigenvalue weighted by Crippen LogP contribution is -2.30. The van der Waals surface area contributed by atoms with Crippen LogP contribution in [0.2, 0.25) is 0 Å². The number of hydrogen-bond donors (Lipinski definition) is 1. The quantitative estimate of drug-likeness (QED) is 0.854. The van der Waals surface area contributed by atoms with Crippen molar-refractivity contribution in [1.29, 1.82) is 0 Å². The number of aromatic nitrogens is 1. The summed E-state index contributed by atoms with van der Waals surface area (Å²) in [6, 6.07) is 0.932. The molecule has 1 aromatic rings. The smallest absolute Gasteiger partial charge is 0.385 e. The van der Waals surface area contributed by atoms with Gasteiger partial charge in [-0.15, -0.1) is 0 Å². The summed E-state index contributed by atoms with van der Waals surface area (Å²) in [5, 5.41) is 10.6. The van der Waals surface area contributed by atoms with Gasteiger partial charge in [0, 0.05) is 24.5 Å². The van der Waals surface area contributed by atoms with Crippen molar-refractivity contribution in [2.24, 2.45) is 0 Å². The van der Waals surface area contributed by atoms with Gasteiger partial charge < -0.3 is 10.0 Å². The molecule has 1 aromatic heterocycles. The van der Waals surface area contributed by atoms with E-state index in [4.69, 9.17) is 0 Å². The molecule has 0 aliphatic carbocycles. The minimum atomic E-state index is -4.47. The lowest BCUT2D eigenvalue weighted by Gasteiger charge is -2.29. The van der Waals surface area contributed by atoms with Crippen molar-refractivity contribution >= 4 is 0 Å². The number of nitrogens with zero attached hydrogens (tertiary/aromatic N) is 2. The SMILES string of the molecule is CN1CCCC(O)(c2cnccc2C(F)(F)F)CC1. The highest BCUT2D eigenvalue weighted by Crippen LogP contribution is 2.40. The van der Waals surface area contributed by atoms with Crippen LogP contribution in [0.1, 0.15) is 30.4 Å². The Bertz CT molecular complexity index is 450. The van der Waals surface area contributed by atoms with Gasteiger partial charge in [-0.1, -0.05) is 0 Å². The molecule has 0 amide bonds. The van der Waals surface area contributed by atoms with Gasteiger partial charge in [0.25, 0.3) is 0 Å². The van der Waals surface area contributed by atoms with Crippen molar-refractivity contribution in [3.05, 3.63) is 29.6 Å². The summed E-state index contributed by atoms with van der Waals surface area (Å²) < 4.78 is 39.0. The van der Waals surface area contributed by atoms with Crippen LogP contribution in [0.25, 0.3) is 0 Å². The molecular formula is C13H17F3N2O. The molecule has 2 rings (SSSR count). The van der Waals surface area contributed by atoms with Crippen LogP contribution in [-0.4, -0.2) is 35.1 Å². The van der Waals surface area contributed by atoms with Gasteiger partial charge in [-0.3, -0.25) is 4.98 Å². The Morgan fingerprint density at radius 3 is 2.74 bits per heavy atom. The Kier molecular flexibility index (Phi) is 3.82. The zero-order valence-electron chi connectivity index (χ0n) is 10.7. The molecule has 1 aliphatic rings. The van der Waals surface area contributed by atoms with Gasteiger partial charge in [0.1, 0.15) is 0 Å². The number of alkyl halides is 3. The average Bonchev–Trinajstić information content (AvgIpc) is 2.52. The minimum Gasteiger partial charge on any atom is -0.385 e. The lowest BCUT2D eigenvalue weighted by atomic mass is 9.85. The average molecular weight is 274 g/mol. The second-order valence-electron chi connectivity index (χ2n) is 5.11. The molecule has 3 nitrogen and oxygen atoms in total. The minimum absolute atomic E-state index is 0.0993. The molecule has 19 heavy (non-hydrogen) atoms. The highest BCUT2D eigenvalue weighted by atomic mass is 19.4. The predicted octanol–water partition coefficient (Wildman–Crippen LogP) is 2.40. The van der Waals surface area contributed by atoms with E-state index in [0.717, 1.165) is 25.0 Å². The molecule has 1 fully saturated rings. The van der Waals surface area contributed by atoms with Gasteiger partial charge in [-0.2, -0.15) is 13.2 Å². The van der Waals surface area contributed by atoms with Crippen LogP contribution in [0, 0.1) is 0 Å². The third-order valence-electron chi connectivity index (χ3n) is 3.67. The third kappa shape index (κ3) is 3.06. The molecule has 106 valence electrons. The summed E-state index contributed by atoms with van der Waals surface area (Å²) in [7, 11) is 1.90. The van der Waals surface area contributed by atoms with Crippen LogP contribution < -0.4 is 0 Å². The van der Waals surface area contributed by atoms with E-state index < -0.39 is 17.3 Å². The van der Waals surface area contributed by atoms with Crippen LogP contribution in [0.15, 0.2) is 18.5 Å². The number of halogens is 3. The monoisotopic (exact) mass is 274 g/mol. The molecule has 6 heteroatoms. The standard InChI is InChI=1S/C13H17F3N2O/c1-18-7-2-4-12(19,5-8-18)11-9-17-6-3-10(11)13(14,15)16/h3,6,9,19H,2,4-5,7-8H2,1H3. The topological polar surface area (TPSA) is 36.4 Å². The molecule has 1 N–H and O–H groups in total. The largest absolute Gasteiger partial charge is 0.416 e. The van der Waals surface area contributed by atoms with Crippen molar-refractivity contribution in [2.45, 2.75) is 31.0 Å². The summed E-state index contributed by atoms with van der Waals surface area (Å²) in [4.78, 5) is 5.77. The Morgan fingerprint density at radius 2 is 2.05 bits per heavy atom. The third-order valence-corrected chi connectivity index (χ3v) is 3.67.